The predicted molar refractivity (Wildman–Crippen MR) is 98.7 cm³/mol. The molecule has 4 nitrogen and oxygen atoms in total. The molecular formula is C22H20F3NO3. The van der Waals surface area contributed by atoms with Gasteiger partial charge in [0.1, 0.15) is 11.7 Å². The fourth-order valence-corrected chi connectivity index (χ4v) is 4.37. The Bertz CT molecular complexity index is 931. The van der Waals surface area contributed by atoms with Crippen LogP contribution in [0.5, 0.6) is 11.6 Å². The summed E-state index contributed by atoms with van der Waals surface area (Å²) in [5, 5.41) is 0. The Balaban J connectivity index is 1.64. The van der Waals surface area contributed by atoms with E-state index in [0.717, 1.165) is 30.5 Å². The van der Waals surface area contributed by atoms with Gasteiger partial charge in [-0.25, -0.2) is 4.98 Å². The van der Waals surface area contributed by atoms with E-state index >= 15 is 0 Å². The third-order valence-electron chi connectivity index (χ3n) is 5.90. The Morgan fingerprint density at radius 3 is 2.31 bits per heavy atom. The molecule has 1 aromatic heterocycles. The number of aromatic nitrogens is 1. The number of ether oxygens (including phenoxy) is 1. The minimum atomic E-state index is -4.47. The molecule has 0 spiro atoms. The van der Waals surface area contributed by atoms with Crippen LogP contribution in [0.25, 0.3) is 0 Å². The van der Waals surface area contributed by atoms with Crippen LogP contribution in [-0.4, -0.2) is 16.6 Å². The molecule has 0 saturated heterocycles. The average Bonchev–Trinajstić information content (AvgIpc) is 3.14. The number of halogens is 3. The topological polar surface area (TPSA) is 56.3 Å². The second-order valence-corrected chi connectivity index (χ2v) is 7.64. The number of ketones is 2. The first-order valence-corrected chi connectivity index (χ1v) is 9.69. The van der Waals surface area contributed by atoms with Crippen LogP contribution in [0, 0.1) is 11.8 Å². The highest BCUT2D eigenvalue weighted by atomic mass is 19.4. The maximum absolute atomic E-state index is 12.9. The van der Waals surface area contributed by atoms with Crippen molar-refractivity contribution < 1.29 is 27.5 Å². The van der Waals surface area contributed by atoms with Gasteiger partial charge in [0.25, 0.3) is 0 Å². The Hall–Kier alpha value is -2.70. The van der Waals surface area contributed by atoms with Crippen LogP contribution in [0.3, 0.4) is 0 Å². The molecule has 1 heterocycles. The van der Waals surface area contributed by atoms with Crippen molar-refractivity contribution in [1.29, 1.82) is 0 Å². The number of aryl methyl sites for hydroxylation is 1. The lowest BCUT2D eigenvalue weighted by Crippen LogP contribution is -2.35. The second kappa shape index (κ2) is 7.28. The van der Waals surface area contributed by atoms with Gasteiger partial charge in [-0.05, 0) is 55.0 Å². The largest absolute Gasteiger partial charge is 0.439 e. The summed E-state index contributed by atoms with van der Waals surface area (Å²) in [5.74, 6) is -0.605. The van der Waals surface area contributed by atoms with Crippen LogP contribution in [0.2, 0.25) is 0 Å². The molecule has 0 N–H and O–H groups in total. The normalized spacial score (nSPS) is 24.1. The quantitative estimate of drug-likeness (QED) is 0.666. The maximum atomic E-state index is 12.9. The Kier molecular flexibility index (Phi) is 4.92. The van der Waals surface area contributed by atoms with Crippen LogP contribution in [0.15, 0.2) is 36.5 Å². The monoisotopic (exact) mass is 403 g/mol. The summed E-state index contributed by atoms with van der Waals surface area (Å²) in [6.07, 6.45) is -0.926. The third kappa shape index (κ3) is 3.66. The molecule has 1 aromatic carbocycles. The molecule has 2 aliphatic rings. The van der Waals surface area contributed by atoms with E-state index in [-0.39, 0.29) is 29.3 Å². The van der Waals surface area contributed by atoms with Crippen LogP contribution in [0.1, 0.15) is 48.8 Å². The number of hydrogen-bond acceptors (Lipinski definition) is 4. The molecule has 2 bridgehead atoms. The smallest absolute Gasteiger partial charge is 0.417 e. The number of rotatable bonds is 4. The standard InChI is InChI=1S/C22H20F3NO3/c1-2-12-5-7-16(29-18-8-6-15(11-26-18)22(23,24)25)10-17(12)19-20(27)13-3-4-14(9-13)21(19)28/h5-8,10-11,13-14,19H,2-4,9H2,1H3/t13-,14+,19?. The van der Waals surface area contributed by atoms with E-state index < -0.39 is 17.7 Å². The van der Waals surface area contributed by atoms with Gasteiger partial charge in [0.2, 0.25) is 5.88 Å². The van der Waals surface area contributed by atoms with Crippen molar-refractivity contribution >= 4 is 11.6 Å². The van der Waals surface area contributed by atoms with Crippen molar-refractivity contribution in [3.8, 4) is 11.6 Å². The number of pyridine rings is 1. The van der Waals surface area contributed by atoms with Gasteiger partial charge in [0, 0.05) is 24.1 Å². The average molecular weight is 403 g/mol. The molecule has 1 unspecified atom stereocenters. The lowest BCUT2D eigenvalue weighted by atomic mass is 9.74. The van der Waals surface area contributed by atoms with Crippen LogP contribution >= 0.6 is 0 Å². The highest BCUT2D eigenvalue weighted by Gasteiger charge is 2.47. The summed E-state index contributed by atoms with van der Waals surface area (Å²) in [7, 11) is 0. The molecule has 0 amide bonds. The van der Waals surface area contributed by atoms with Crippen LogP contribution < -0.4 is 4.74 Å². The van der Waals surface area contributed by atoms with E-state index in [9.17, 15) is 22.8 Å². The predicted octanol–water partition coefficient (Wildman–Crippen LogP) is 5.11. The molecule has 0 radical (unpaired) electrons. The molecule has 2 fully saturated rings. The van der Waals surface area contributed by atoms with E-state index in [1.165, 1.54) is 0 Å². The minimum absolute atomic E-state index is 0.00886. The number of carbonyl (C=O) groups is 2. The number of carbonyl (C=O) groups excluding carboxylic acids is 2. The summed E-state index contributed by atoms with van der Waals surface area (Å²) < 4.78 is 43.7. The van der Waals surface area contributed by atoms with Crippen LogP contribution in [-0.2, 0) is 22.2 Å². The molecule has 2 aliphatic carbocycles. The highest BCUT2D eigenvalue weighted by Crippen LogP contribution is 2.45. The molecule has 29 heavy (non-hydrogen) atoms. The molecular weight excluding hydrogens is 383 g/mol. The van der Waals surface area contributed by atoms with Crippen molar-refractivity contribution in [2.24, 2.45) is 11.8 Å². The van der Waals surface area contributed by atoms with Crippen molar-refractivity contribution in [1.82, 2.24) is 4.98 Å². The Morgan fingerprint density at radius 1 is 1.07 bits per heavy atom. The van der Waals surface area contributed by atoms with Gasteiger partial charge >= 0.3 is 6.18 Å². The number of benzene rings is 1. The first-order chi connectivity index (χ1) is 13.8. The lowest BCUT2D eigenvalue weighted by molar-refractivity contribution is -0.138. The van der Waals surface area contributed by atoms with Crippen molar-refractivity contribution in [2.45, 2.75) is 44.7 Å². The maximum Gasteiger partial charge on any atom is 0.417 e. The zero-order valence-corrected chi connectivity index (χ0v) is 15.8. The minimum Gasteiger partial charge on any atom is -0.439 e. The third-order valence-corrected chi connectivity index (χ3v) is 5.90. The zero-order valence-electron chi connectivity index (χ0n) is 15.8. The van der Waals surface area contributed by atoms with E-state index in [2.05, 4.69) is 4.98 Å². The van der Waals surface area contributed by atoms with E-state index in [4.69, 9.17) is 4.74 Å². The number of Topliss-reactive ketones (excluding diaryl/α,β-unsaturated/α-hetero) is 2. The zero-order chi connectivity index (χ0) is 20.8. The summed E-state index contributed by atoms with van der Waals surface area (Å²) in [5.41, 5.74) is 0.676. The van der Waals surface area contributed by atoms with Gasteiger partial charge < -0.3 is 4.74 Å². The van der Waals surface area contributed by atoms with E-state index in [1.807, 2.05) is 6.92 Å². The summed E-state index contributed by atoms with van der Waals surface area (Å²) in [6, 6.07) is 7.17. The summed E-state index contributed by atoms with van der Waals surface area (Å²) in [4.78, 5) is 29.5. The first kappa shape index (κ1) is 19.6. The van der Waals surface area contributed by atoms with Gasteiger partial charge in [0.15, 0.2) is 11.6 Å². The fourth-order valence-electron chi connectivity index (χ4n) is 4.37. The van der Waals surface area contributed by atoms with Gasteiger partial charge in [-0.15, -0.1) is 0 Å². The number of fused-ring (bicyclic) bond motifs is 2. The SMILES string of the molecule is CCc1ccc(Oc2ccc(C(F)(F)F)cn2)cc1C1C(=O)[C@@H]2CC[C@@H](C2)C1=O. The van der Waals surface area contributed by atoms with Gasteiger partial charge in [0.05, 0.1) is 5.56 Å². The van der Waals surface area contributed by atoms with Gasteiger partial charge in [-0.1, -0.05) is 13.0 Å². The number of alkyl halides is 3. The molecule has 4 rings (SSSR count). The van der Waals surface area contributed by atoms with E-state index in [0.29, 0.717) is 30.4 Å². The Labute approximate surface area is 166 Å². The number of nitrogens with zero attached hydrogens (tertiary/aromatic N) is 1. The van der Waals surface area contributed by atoms with Crippen LogP contribution in [0.4, 0.5) is 13.2 Å². The molecule has 7 heteroatoms. The first-order valence-electron chi connectivity index (χ1n) is 9.69. The second-order valence-electron chi connectivity index (χ2n) is 7.64. The molecule has 2 aromatic rings. The summed E-state index contributed by atoms with van der Waals surface area (Å²) in [6.45, 7) is 1.95. The molecule has 152 valence electrons. The lowest BCUT2D eigenvalue weighted by Gasteiger charge is -2.27. The molecule has 3 atom stereocenters. The Morgan fingerprint density at radius 2 is 1.76 bits per heavy atom. The van der Waals surface area contributed by atoms with Crippen molar-refractivity contribution in [3.05, 3.63) is 53.2 Å². The molecule has 0 aliphatic heterocycles. The van der Waals surface area contributed by atoms with Gasteiger partial charge in [-0.2, -0.15) is 13.2 Å². The molecule has 2 saturated carbocycles. The van der Waals surface area contributed by atoms with Crippen molar-refractivity contribution in [2.75, 3.05) is 0 Å². The summed E-state index contributed by atoms with van der Waals surface area (Å²) >= 11 is 0. The number of hydrogen-bond donors (Lipinski definition) is 0. The van der Waals surface area contributed by atoms with Gasteiger partial charge in [-0.3, -0.25) is 9.59 Å². The van der Waals surface area contributed by atoms with Crippen molar-refractivity contribution in [3.63, 3.8) is 0 Å². The highest BCUT2D eigenvalue weighted by molar-refractivity contribution is 6.12. The van der Waals surface area contributed by atoms with E-state index in [1.54, 1.807) is 18.2 Å². The fraction of sp³-hybridized carbons (Fsp3) is 0.409.